The van der Waals surface area contributed by atoms with E-state index >= 15 is 0 Å². The number of nitrogens with zero attached hydrogens (tertiary/aromatic N) is 3. The molecule has 3 rings (SSSR count). The maximum atomic E-state index is 10.8. The molecular formula is C13H9ClN4O2Se. The van der Waals surface area contributed by atoms with Crippen LogP contribution in [0.5, 0.6) is 0 Å². The second-order valence-electron chi connectivity index (χ2n) is 4.32. The van der Waals surface area contributed by atoms with E-state index in [1.54, 1.807) is 0 Å². The van der Waals surface area contributed by atoms with Crippen molar-refractivity contribution < 1.29 is 4.92 Å². The van der Waals surface area contributed by atoms with Gasteiger partial charge in [-0.15, -0.1) is 0 Å². The molecule has 0 radical (unpaired) electrons. The summed E-state index contributed by atoms with van der Waals surface area (Å²) >= 11 is 5.99. The van der Waals surface area contributed by atoms with Gasteiger partial charge < -0.3 is 0 Å². The Labute approximate surface area is 131 Å². The molecule has 0 spiro atoms. The van der Waals surface area contributed by atoms with Crippen molar-refractivity contribution in [2.75, 3.05) is 5.32 Å². The Morgan fingerprint density at radius 3 is 2.95 bits per heavy atom. The van der Waals surface area contributed by atoms with Crippen LogP contribution < -0.4 is 5.32 Å². The first-order chi connectivity index (χ1) is 10.1. The summed E-state index contributed by atoms with van der Waals surface area (Å²) < 4.78 is 8.68. The first kappa shape index (κ1) is 14.0. The molecule has 21 heavy (non-hydrogen) atoms. The number of nitro benzene ring substituents is 1. The molecule has 0 aliphatic carbocycles. The number of nitrogens with one attached hydrogen (secondary N) is 1. The number of benzene rings is 2. The van der Waals surface area contributed by atoms with Gasteiger partial charge in [0.1, 0.15) is 0 Å². The molecule has 2 aromatic carbocycles. The second-order valence-corrected chi connectivity index (χ2v) is 5.84. The standard InChI is InChI=1S/C13H9ClN4O2Se/c14-10-5-4-9(18(19)20)6-8(10)7-15-11-2-1-3-12-13(11)17-21-16-12/h1-6,15H,7H2. The minimum absolute atomic E-state index is 0.0255. The van der Waals surface area contributed by atoms with E-state index in [0.29, 0.717) is 17.1 Å². The number of fused-ring (bicyclic) bond motifs is 1. The zero-order valence-electron chi connectivity index (χ0n) is 10.6. The molecular weight excluding hydrogens is 359 g/mol. The van der Waals surface area contributed by atoms with E-state index in [0.717, 1.165) is 16.7 Å². The van der Waals surface area contributed by atoms with Gasteiger partial charge in [0, 0.05) is 0 Å². The summed E-state index contributed by atoms with van der Waals surface area (Å²) in [5.41, 5.74) is 3.28. The number of nitro groups is 1. The van der Waals surface area contributed by atoms with E-state index in [-0.39, 0.29) is 20.6 Å². The third-order valence-corrected chi connectivity index (χ3v) is 4.50. The Kier molecular flexibility index (Phi) is 3.88. The Hall–Kier alpha value is -1.95. The number of hydrogen-bond acceptors (Lipinski definition) is 5. The Morgan fingerprint density at radius 1 is 1.29 bits per heavy atom. The summed E-state index contributed by atoms with van der Waals surface area (Å²) in [6.45, 7) is 0.388. The Bertz CT molecular complexity index is 821. The van der Waals surface area contributed by atoms with Crippen LogP contribution in [0.4, 0.5) is 11.4 Å². The molecule has 0 bridgehead atoms. The predicted molar refractivity (Wildman–Crippen MR) is 81.9 cm³/mol. The van der Waals surface area contributed by atoms with Crippen molar-refractivity contribution in [3.05, 3.63) is 57.1 Å². The molecule has 0 unspecified atom stereocenters. The van der Waals surface area contributed by atoms with Gasteiger partial charge in [0.2, 0.25) is 0 Å². The third-order valence-electron chi connectivity index (χ3n) is 3.00. The van der Waals surface area contributed by atoms with Gasteiger partial charge in [-0.2, -0.15) is 0 Å². The van der Waals surface area contributed by atoms with Gasteiger partial charge in [0.15, 0.2) is 0 Å². The summed E-state index contributed by atoms with van der Waals surface area (Å²) in [6, 6.07) is 10.1. The van der Waals surface area contributed by atoms with E-state index in [2.05, 4.69) is 13.3 Å². The van der Waals surface area contributed by atoms with Crippen molar-refractivity contribution in [1.29, 1.82) is 0 Å². The van der Waals surface area contributed by atoms with Gasteiger partial charge in [-0.25, -0.2) is 0 Å². The quantitative estimate of drug-likeness (QED) is 0.436. The first-order valence-corrected chi connectivity index (χ1v) is 7.94. The van der Waals surface area contributed by atoms with Crippen LogP contribution in [-0.2, 0) is 6.54 Å². The van der Waals surface area contributed by atoms with E-state index in [1.165, 1.54) is 18.2 Å². The van der Waals surface area contributed by atoms with E-state index in [1.807, 2.05) is 18.2 Å². The molecule has 0 aliphatic rings. The number of hydrogen-bond donors (Lipinski definition) is 1. The summed E-state index contributed by atoms with van der Waals surface area (Å²) in [4.78, 5) is 10.4. The number of rotatable bonds is 4. The normalized spacial score (nSPS) is 10.7. The number of non-ortho nitro benzene ring substituents is 1. The molecule has 1 heterocycles. The van der Waals surface area contributed by atoms with Crippen LogP contribution in [0.1, 0.15) is 5.56 Å². The molecule has 0 saturated heterocycles. The van der Waals surface area contributed by atoms with Crippen molar-refractivity contribution in [1.82, 2.24) is 7.96 Å². The zero-order chi connectivity index (χ0) is 14.8. The molecule has 6 nitrogen and oxygen atoms in total. The summed E-state index contributed by atoms with van der Waals surface area (Å²) in [6.07, 6.45) is 0. The molecule has 106 valence electrons. The van der Waals surface area contributed by atoms with Crippen LogP contribution in [0.3, 0.4) is 0 Å². The summed E-state index contributed by atoms with van der Waals surface area (Å²) in [5, 5.41) is 14.5. The molecule has 3 aromatic rings. The molecule has 1 aromatic heterocycles. The predicted octanol–water partition coefficient (Wildman–Crippen LogP) is 2.86. The van der Waals surface area contributed by atoms with E-state index < -0.39 is 4.92 Å². The van der Waals surface area contributed by atoms with E-state index in [9.17, 15) is 10.1 Å². The van der Waals surface area contributed by atoms with Crippen molar-refractivity contribution in [3.63, 3.8) is 0 Å². The fourth-order valence-corrected chi connectivity index (χ4v) is 3.29. The zero-order valence-corrected chi connectivity index (χ0v) is 13.1. The SMILES string of the molecule is O=[N+]([O-])c1ccc(Cl)c(CNc2cccc3n[se]nc23)c1. The van der Waals surface area contributed by atoms with Crippen LogP contribution >= 0.6 is 11.6 Å². The molecule has 0 aliphatic heterocycles. The summed E-state index contributed by atoms with van der Waals surface area (Å²) in [7, 11) is 0. The number of anilines is 1. The molecule has 1 N–H and O–H groups in total. The van der Waals surface area contributed by atoms with Gasteiger partial charge in [0.05, 0.1) is 0 Å². The number of aromatic nitrogens is 2. The second kappa shape index (κ2) is 5.81. The van der Waals surface area contributed by atoms with Gasteiger partial charge in [0.25, 0.3) is 0 Å². The fourth-order valence-electron chi connectivity index (χ4n) is 1.95. The third kappa shape index (κ3) is 2.90. The Balaban J connectivity index is 1.86. The van der Waals surface area contributed by atoms with Crippen molar-refractivity contribution in [2.45, 2.75) is 6.54 Å². The van der Waals surface area contributed by atoms with Crippen LogP contribution in [0.2, 0.25) is 5.02 Å². The average molecular weight is 368 g/mol. The average Bonchev–Trinajstić information content (AvgIpc) is 2.95. The Morgan fingerprint density at radius 2 is 2.14 bits per heavy atom. The first-order valence-electron chi connectivity index (χ1n) is 6.03. The van der Waals surface area contributed by atoms with Gasteiger partial charge in [-0.1, -0.05) is 0 Å². The maximum absolute atomic E-state index is 10.8. The molecule has 0 saturated carbocycles. The van der Waals surface area contributed by atoms with Gasteiger partial charge in [-0.05, 0) is 0 Å². The topological polar surface area (TPSA) is 81.0 Å². The van der Waals surface area contributed by atoms with Crippen LogP contribution in [-0.4, -0.2) is 27.8 Å². The van der Waals surface area contributed by atoms with Gasteiger partial charge in [-0.3, -0.25) is 0 Å². The molecule has 0 fully saturated rings. The van der Waals surface area contributed by atoms with Gasteiger partial charge >= 0.3 is 131 Å². The number of halogens is 1. The van der Waals surface area contributed by atoms with Crippen LogP contribution in [0, 0.1) is 10.1 Å². The summed E-state index contributed by atoms with van der Waals surface area (Å²) in [5.74, 6) is 0. The molecule has 0 amide bonds. The minimum atomic E-state index is -0.434. The van der Waals surface area contributed by atoms with Crippen LogP contribution in [0.25, 0.3) is 11.0 Å². The molecule has 8 heteroatoms. The van der Waals surface area contributed by atoms with E-state index in [4.69, 9.17) is 11.6 Å². The monoisotopic (exact) mass is 368 g/mol. The fraction of sp³-hybridized carbons (Fsp3) is 0.0769. The van der Waals surface area contributed by atoms with Crippen molar-refractivity contribution in [3.8, 4) is 0 Å². The molecule has 0 atom stereocenters. The van der Waals surface area contributed by atoms with Crippen LogP contribution in [0.15, 0.2) is 36.4 Å². The van der Waals surface area contributed by atoms with Crippen molar-refractivity contribution >= 4 is 49.0 Å². The van der Waals surface area contributed by atoms with Crippen molar-refractivity contribution in [2.24, 2.45) is 0 Å².